The summed E-state index contributed by atoms with van der Waals surface area (Å²) < 4.78 is 138. The molecule has 3 heterocycles. The third kappa shape index (κ3) is 28.1. The van der Waals surface area contributed by atoms with Crippen LogP contribution in [0.5, 0.6) is 17.2 Å². The first-order valence-electron chi connectivity index (χ1n) is 45.7. The molecule has 3 saturated carbocycles. The number of esters is 3. The number of ketones is 4. The molecular weight excluding hydrogens is 1780 g/mol. The Kier molecular flexibility index (Phi) is 36.6. The van der Waals surface area contributed by atoms with Gasteiger partial charge in [0.2, 0.25) is 0 Å². The predicted molar refractivity (Wildman–Crippen MR) is 482 cm³/mol. The van der Waals surface area contributed by atoms with E-state index in [4.69, 9.17) is 20.1 Å². The van der Waals surface area contributed by atoms with Crippen LogP contribution in [0.2, 0.25) is 0 Å². The Balaban J connectivity index is 0.000000195. The minimum Gasteiger partial charge on any atom is -0.462 e. The second-order valence-electron chi connectivity index (χ2n) is 36.5. The number of allylic oxidation sites excluding steroid dienone is 12. The third-order valence-electron chi connectivity index (χ3n) is 27.9. The first kappa shape index (κ1) is 106. The van der Waals surface area contributed by atoms with E-state index >= 15 is 0 Å². The number of aliphatic hydroxyl groups excluding tert-OH is 3. The van der Waals surface area contributed by atoms with Gasteiger partial charge in [0.1, 0.15) is 41.3 Å². The molecule has 11 N–H and O–H groups in total. The Morgan fingerprint density at radius 1 is 0.393 bits per heavy atom. The van der Waals surface area contributed by atoms with Crippen LogP contribution in [0, 0.1) is 107 Å². The topological polar surface area (TPSA) is 410 Å². The molecule has 9 aliphatic carbocycles. The van der Waals surface area contributed by atoms with Gasteiger partial charge in [-0.05, 0) is 263 Å². The van der Waals surface area contributed by atoms with Crippen molar-refractivity contribution in [1.82, 2.24) is 16.3 Å². The maximum atomic E-state index is 13.6. The predicted octanol–water partition coefficient (Wildman–Crippen LogP) is 18.1. The number of alkyl halides is 9. The highest BCUT2D eigenvalue weighted by Crippen LogP contribution is 2.57. The lowest BCUT2D eigenvalue weighted by Gasteiger charge is -2.34. The van der Waals surface area contributed by atoms with E-state index in [9.17, 15) is 103 Å². The summed E-state index contributed by atoms with van der Waals surface area (Å²) in [5, 5.41) is 48.1. The number of rotatable bonds is 11. The van der Waals surface area contributed by atoms with Gasteiger partial charge in [-0.2, -0.15) is 10.2 Å². The van der Waals surface area contributed by atoms with Crippen LogP contribution < -0.4 is 52.3 Å². The summed E-state index contributed by atoms with van der Waals surface area (Å²) in [6, 6.07) is 12.2. The van der Waals surface area contributed by atoms with Gasteiger partial charge in [0, 0.05) is 76.8 Å². The molecule has 738 valence electrons. The van der Waals surface area contributed by atoms with Crippen molar-refractivity contribution in [1.29, 1.82) is 0 Å². The zero-order chi connectivity index (χ0) is 96.1. The van der Waals surface area contributed by atoms with Crippen LogP contribution in [-0.2, 0) is 47.8 Å². The van der Waals surface area contributed by atoms with Crippen LogP contribution in [0.15, 0.2) is 154 Å². The number of anilines is 3. The molecule has 24 atom stereocenters. The van der Waals surface area contributed by atoms with Gasteiger partial charge in [0.15, 0.2) is 17.3 Å². The van der Waals surface area contributed by atoms with Gasteiger partial charge < -0.3 is 59.7 Å². The fraction of sp³-hybridized carbons (Fsp3) is 0.571. The number of nitrogens with two attached hydrogens (primary N) is 1. The van der Waals surface area contributed by atoms with E-state index in [0.29, 0.717) is 119 Å². The summed E-state index contributed by atoms with van der Waals surface area (Å²) in [4.78, 5) is 127. The number of hydrogen-bond acceptors (Lipinski definition) is 22. The third-order valence-corrected chi connectivity index (χ3v) is 27.9. The molecule has 3 aromatic rings. The van der Waals surface area contributed by atoms with Crippen molar-refractivity contribution in [3.63, 3.8) is 0 Å². The smallest absolute Gasteiger partial charge is 0.462 e. The number of Topliss-reactive ketones (excluding diaryl/α,β-unsaturated/α-hetero) is 4. The fourth-order valence-corrected chi connectivity index (χ4v) is 20.9. The molecule has 0 unspecified atom stereocenters. The zero-order valence-electron chi connectivity index (χ0n) is 74.6. The van der Waals surface area contributed by atoms with E-state index in [1.54, 1.807) is 26.2 Å². The number of hydrogen-bond donors (Lipinski definition) is 10. The first-order valence-corrected chi connectivity index (χ1v) is 45.7. The Labute approximate surface area is 778 Å². The molecule has 15 rings (SSSR count). The summed E-state index contributed by atoms with van der Waals surface area (Å²) in [6.07, 6.45) is 13.3. The number of benzene rings is 3. The highest BCUT2D eigenvalue weighted by molar-refractivity contribution is 6.01. The van der Waals surface area contributed by atoms with Gasteiger partial charge in [0.05, 0.1) is 37.6 Å². The summed E-state index contributed by atoms with van der Waals surface area (Å²) in [5.41, 5.74) is 11.0. The van der Waals surface area contributed by atoms with Crippen molar-refractivity contribution >= 4 is 87.6 Å². The van der Waals surface area contributed by atoms with Gasteiger partial charge in [0.25, 0.3) is 0 Å². The number of fused-ring (bicyclic) bond motifs is 15. The number of aliphatic hydroxyl groups is 3. The zero-order valence-corrected chi connectivity index (χ0v) is 74.6. The molecule has 28 nitrogen and oxygen atoms in total. The molecular formula is C98H124F9N9O19. The number of hydrazine groups is 1. The number of nitrogens with zero attached hydrogens (tertiary/aromatic N) is 2. The van der Waals surface area contributed by atoms with Crippen molar-refractivity contribution < 1.29 is 131 Å². The summed E-state index contributed by atoms with van der Waals surface area (Å²) >= 11 is 0. The first-order chi connectivity index (χ1) is 63.1. The molecule has 37 heteroatoms. The van der Waals surface area contributed by atoms with E-state index in [1.165, 1.54) is 36.4 Å². The SMILES string of the molecule is C.C.CC[C@H]1CCC[C@H](O)[C@@H](C)C(=O)C2=C[C@@H]3[C@@H](C=C[C@@H]4C/C(=N/NC(=O)Nc5ccc(OC(F)(F)F)cc5)C[C@@H]34)[C@@H]2CC(=O)O1.CC[C@H]1CCC[C@H](O)[C@@H](C)C(=O)C2=C[C@@H]3[C@@H](C=C[C@@H]4C/C(=N\NC(=O)Nc5ccc(OC(F)(F)F)cc5)C[C@@H]34)[C@@H]2CC(=O)O1.CC[C@H]1CCC[C@H](O)[C@@H](C)C(=O)C2=C[C@@H]3[C@@H](C=C[C@@H]4CC(=O)C[C@@H]34)[C@@H]2CC(=O)O1.NNC(=O)Nc1ccc(OC(F)(F)F)cc1. The van der Waals surface area contributed by atoms with E-state index in [0.717, 1.165) is 60.7 Å². The lowest BCUT2D eigenvalue weighted by atomic mass is 9.70. The lowest BCUT2D eigenvalue weighted by molar-refractivity contribution is -0.275. The maximum Gasteiger partial charge on any atom is 0.573 e. The Morgan fingerprint density at radius 2 is 0.674 bits per heavy atom. The number of cyclic esters (lactones) is 3. The van der Waals surface area contributed by atoms with Crippen molar-refractivity contribution in [3.05, 3.63) is 144 Å². The molecule has 3 aromatic carbocycles. The number of urea groups is 3. The van der Waals surface area contributed by atoms with Gasteiger partial charge in [-0.3, -0.25) is 39.0 Å². The molecule has 0 spiro atoms. The number of halogens is 9. The number of amides is 6. The molecule has 0 radical (unpaired) electrons. The summed E-state index contributed by atoms with van der Waals surface area (Å²) in [7, 11) is 0. The average molecular weight is 1900 g/mol. The Bertz CT molecular complexity index is 4760. The van der Waals surface area contributed by atoms with Crippen molar-refractivity contribution in [3.8, 4) is 17.2 Å². The number of ether oxygens (including phenoxy) is 6. The highest BCUT2D eigenvalue weighted by Gasteiger charge is 2.54. The standard InChI is InChI=1S/2C32H38F3N3O6.C24H32O5.C8H8F3N3O2.2CH4/c2*1-3-21-5-4-6-28(39)17(2)30(41)27-15-25-23(26(27)16-29(40)43-21)12-7-18-13-20(14-24(18)25)37-38-31(42)36-19-8-10-22(11-9-19)44-32(33,34)35;1-3-16-5-4-6-22(26)13(2)24(28)21-11-19-17(20(21)12-23(27)29-16)8-7-14-9-15(25)10-18(14)19;9-8(10,11)16-6-3-1-5(2-4-6)13-7(15)14-12;;/h2*7-12,15,17-18,21,23-26,28,39H,3-6,13-14,16H2,1-2H3,(H2,36,38,42);7-8,11,13-14,16-20,22,26H,3-6,9-10,12H2,1-2H3;1-4H,12H2,(H2,13,14,15);2*1H4/b37-20+;37-20-;;;;/t2*17-,18-,21+,23-,24-,25-,26+,28+;13-,14-,16+,17-,18-,19-,20+,22+;;;/m111.../s1. The molecule has 12 aliphatic rings. The van der Waals surface area contributed by atoms with Crippen LogP contribution in [-0.4, -0.2) is 142 Å². The molecule has 6 fully saturated rings. The van der Waals surface area contributed by atoms with Crippen molar-refractivity contribution in [2.24, 2.45) is 123 Å². The minimum absolute atomic E-state index is 0. The molecule has 3 saturated heterocycles. The second kappa shape index (κ2) is 46.7. The average Bonchev–Trinajstić information content (AvgIpc) is 1.61. The van der Waals surface area contributed by atoms with Crippen LogP contribution in [0.1, 0.15) is 191 Å². The normalized spacial score (nSPS) is 32.1. The van der Waals surface area contributed by atoms with Gasteiger partial charge in [-0.15, -0.1) is 39.5 Å². The number of hydrazone groups is 2. The fourth-order valence-electron chi connectivity index (χ4n) is 20.9. The minimum atomic E-state index is -4.81. The van der Waals surface area contributed by atoms with Crippen LogP contribution in [0.4, 0.5) is 71.0 Å². The molecule has 0 aromatic heterocycles. The van der Waals surface area contributed by atoms with E-state index in [-0.39, 0.29) is 205 Å². The number of carbonyl (C=O) groups excluding carboxylic acids is 10. The largest absolute Gasteiger partial charge is 0.573 e. The second-order valence-corrected chi connectivity index (χ2v) is 36.5. The highest BCUT2D eigenvalue weighted by atomic mass is 19.4. The lowest BCUT2D eigenvalue weighted by Crippen LogP contribution is -2.34. The van der Waals surface area contributed by atoms with Gasteiger partial charge in [-0.1, -0.05) is 111 Å². The van der Waals surface area contributed by atoms with E-state index in [1.807, 2.05) is 39.0 Å². The number of nitrogens with one attached hydrogen (secondary N) is 6. The Morgan fingerprint density at radius 3 is 0.956 bits per heavy atom. The maximum absolute atomic E-state index is 13.6. The molecule has 6 amide bonds. The molecule has 135 heavy (non-hydrogen) atoms. The summed E-state index contributed by atoms with van der Waals surface area (Å²) in [6.45, 7) is 11.3. The van der Waals surface area contributed by atoms with Crippen LogP contribution in [0.25, 0.3) is 0 Å². The monoisotopic (exact) mass is 1900 g/mol. The number of carbonyl (C=O) groups is 10. The van der Waals surface area contributed by atoms with E-state index < -0.39 is 84.7 Å². The summed E-state index contributed by atoms with van der Waals surface area (Å²) in [5.74, 6) is 1.31. The van der Waals surface area contributed by atoms with Gasteiger partial charge >= 0.3 is 55.1 Å². The van der Waals surface area contributed by atoms with Crippen molar-refractivity contribution in [2.45, 2.75) is 247 Å². The van der Waals surface area contributed by atoms with Crippen LogP contribution >= 0.6 is 0 Å². The molecule has 3 aliphatic heterocycles. The quantitative estimate of drug-likeness (QED) is 0.0162. The van der Waals surface area contributed by atoms with Gasteiger partial charge in [-0.25, -0.2) is 31.1 Å². The van der Waals surface area contributed by atoms with E-state index in [2.05, 4.69) is 87.7 Å². The van der Waals surface area contributed by atoms with Crippen LogP contribution in [0.3, 0.4) is 0 Å². The Hall–Kier alpha value is -11.1. The molecule has 0 bridgehead atoms. The van der Waals surface area contributed by atoms with Crippen molar-refractivity contribution in [2.75, 3.05) is 16.0 Å².